The van der Waals surface area contributed by atoms with Crippen molar-refractivity contribution in [1.82, 2.24) is 9.62 Å². The van der Waals surface area contributed by atoms with Crippen molar-refractivity contribution in [1.29, 1.82) is 0 Å². The molecule has 1 N–H and O–H groups in total. The highest BCUT2D eigenvalue weighted by Crippen LogP contribution is 2.30. The quantitative estimate of drug-likeness (QED) is 0.721. The summed E-state index contributed by atoms with van der Waals surface area (Å²) in [6.45, 7) is 0.686. The van der Waals surface area contributed by atoms with E-state index in [2.05, 4.69) is 5.32 Å². The molecule has 3 rings (SSSR count). The van der Waals surface area contributed by atoms with E-state index in [0.29, 0.717) is 25.1 Å². The summed E-state index contributed by atoms with van der Waals surface area (Å²) in [5.74, 6) is -0.280. The molecule has 1 aliphatic heterocycles. The summed E-state index contributed by atoms with van der Waals surface area (Å²) in [6.07, 6.45) is 0.767. The van der Waals surface area contributed by atoms with Crippen molar-refractivity contribution in [3.63, 3.8) is 0 Å². The molecule has 2 aromatic rings. The van der Waals surface area contributed by atoms with Gasteiger partial charge in [-0.1, -0.05) is 18.2 Å². The van der Waals surface area contributed by atoms with Gasteiger partial charge in [0.1, 0.15) is 22.2 Å². The number of methoxy groups -OCH3 is 2. The first-order chi connectivity index (χ1) is 14.4. The number of rotatable bonds is 7. The summed E-state index contributed by atoms with van der Waals surface area (Å²) in [6, 6.07) is 10.8. The smallest absolute Gasteiger partial charge is 0.246 e. The summed E-state index contributed by atoms with van der Waals surface area (Å²) < 4.78 is 51.1. The molecule has 30 heavy (non-hydrogen) atoms. The van der Waals surface area contributed by atoms with Gasteiger partial charge < -0.3 is 14.8 Å². The number of nitrogens with one attached hydrogen (secondary N) is 1. The zero-order valence-electron chi connectivity index (χ0n) is 16.9. The molecule has 0 atom stereocenters. The molecule has 0 aliphatic carbocycles. The Morgan fingerprint density at radius 3 is 2.43 bits per heavy atom. The van der Waals surface area contributed by atoms with Gasteiger partial charge in [0, 0.05) is 31.1 Å². The number of hydrogen-bond acceptors (Lipinski definition) is 5. The second-order valence-electron chi connectivity index (χ2n) is 7.00. The maximum atomic E-state index is 13.6. The SMILES string of the molecule is COc1ccccc1CNC(=O)C1CCN(S(=O)(=O)c2cc(F)ccc2OC)CC1. The molecular weight excluding hydrogens is 411 g/mol. The minimum absolute atomic E-state index is 0.0908. The van der Waals surface area contributed by atoms with Gasteiger partial charge in [0.05, 0.1) is 14.2 Å². The first-order valence-corrected chi connectivity index (χ1v) is 11.0. The highest BCUT2D eigenvalue weighted by molar-refractivity contribution is 7.89. The molecule has 0 aromatic heterocycles. The van der Waals surface area contributed by atoms with Crippen LogP contribution in [0.15, 0.2) is 47.4 Å². The molecule has 1 aliphatic rings. The lowest BCUT2D eigenvalue weighted by Crippen LogP contribution is -2.43. The Balaban J connectivity index is 1.61. The molecule has 1 amide bonds. The molecule has 162 valence electrons. The Kier molecular flexibility index (Phi) is 6.94. The standard InChI is InChI=1S/C21H25FN2O5S/c1-28-18-6-4-3-5-16(18)14-23-21(25)15-9-11-24(12-10-15)30(26,27)20-13-17(22)7-8-19(20)29-2/h3-8,13,15H,9-12,14H2,1-2H3,(H,23,25). The third-order valence-corrected chi connectivity index (χ3v) is 7.13. The van der Waals surface area contributed by atoms with Gasteiger partial charge >= 0.3 is 0 Å². The van der Waals surface area contributed by atoms with Gasteiger partial charge in [-0.15, -0.1) is 0 Å². The fourth-order valence-electron chi connectivity index (χ4n) is 3.53. The van der Waals surface area contributed by atoms with Crippen molar-refractivity contribution in [2.75, 3.05) is 27.3 Å². The highest BCUT2D eigenvalue weighted by atomic mass is 32.2. The second kappa shape index (κ2) is 9.44. The van der Waals surface area contributed by atoms with Gasteiger partial charge in [-0.25, -0.2) is 12.8 Å². The van der Waals surface area contributed by atoms with Crippen LogP contribution in [-0.4, -0.2) is 45.9 Å². The summed E-state index contributed by atoms with van der Waals surface area (Å²) in [4.78, 5) is 12.3. The number of amides is 1. The summed E-state index contributed by atoms with van der Waals surface area (Å²) in [7, 11) is -1.01. The van der Waals surface area contributed by atoms with Crippen LogP contribution in [0.5, 0.6) is 11.5 Å². The van der Waals surface area contributed by atoms with E-state index in [1.54, 1.807) is 7.11 Å². The number of sulfonamides is 1. The van der Waals surface area contributed by atoms with Crippen LogP contribution in [0.3, 0.4) is 0 Å². The topological polar surface area (TPSA) is 84.9 Å². The third-order valence-electron chi connectivity index (χ3n) is 5.21. The van der Waals surface area contributed by atoms with Crippen LogP contribution in [0, 0.1) is 11.7 Å². The van der Waals surface area contributed by atoms with E-state index in [0.717, 1.165) is 17.7 Å². The second-order valence-corrected chi connectivity index (χ2v) is 8.91. The van der Waals surface area contributed by atoms with Crippen LogP contribution >= 0.6 is 0 Å². The van der Waals surface area contributed by atoms with E-state index < -0.39 is 15.8 Å². The van der Waals surface area contributed by atoms with Crippen molar-refractivity contribution in [3.8, 4) is 11.5 Å². The molecule has 0 spiro atoms. The molecule has 0 unspecified atom stereocenters. The molecule has 1 fully saturated rings. The maximum Gasteiger partial charge on any atom is 0.246 e. The van der Waals surface area contributed by atoms with Crippen molar-refractivity contribution in [2.24, 2.45) is 5.92 Å². The summed E-state index contributed by atoms with van der Waals surface area (Å²) in [5, 5.41) is 2.90. The fraction of sp³-hybridized carbons (Fsp3) is 0.381. The van der Waals surface area contributed by atoms with Crippen molar-refractivity contribution >= 4 is 15.9 Å². The Bertz CT molecular complexity index is 1000. The van der Waals surface area contributed by atoms with E-state index in [-0.39, 0.29) is 35.6 Å². The first kappa shape index (κ1) is 22.0. The summed E-state index contributed by atoms with van der Waals surface area (Å²) in [5.41, 5.74) is 0.867. The van der Waals surface area contributed by atoms with E-state index in [4.69, 9.17) is 9.47 Å². The molecule has 1 saturated heterocycles. The van der Waals surface area contributed by atoms with Crippen LogP contribution in [-0.2, 0) is 21.4 Å². The zero-order valence-corrected chi connectivity index (χ0v) is 17.7. The van der Waals surface area contributed by atoms with Crippen molar-refractivity contribution in [3.05, 3.63) is 53.8 Å². The fourth-order valence-corrected chi connectivity index (χ4v) is 5.16. The lowest BCUT2D eigenvalue weighted by molar-refractivity contribution is -0.126. The van der Waals surface area contributed by atoms with Gasteiger partial charge in [0.25, 0.3) is 0 Å². The number of nitrogens with zero attached hydrogens (tertiary/aromatic N) is 1. The maximum absolute atomic E-state index is 13.6. The predicted octanol–water partition coefficient (Wildman–Crippen LogP) is 2.56. The number of para-hydroxylation sites is 1. The molecule has 0 radical (unpaired) electrons. The number of hydrogen-bond donors (Lipinski definition) is 1. The zero-order chi connectivity index (χ0) is 21.7. The van der Waals surface area contributed by atoms with E-state index in [1.807, 2.05) is 24.3 Å². The van der Waals surface area contributed by atoms with Crippen LogP contribution in [0.2, 0.25) is 0 Å². The van der Waals surface area contributed by atoms with Gasteiger partial charge in [0.15, 0.2) is 0 Å². The Hall–Kier alpha value is -2.65. The molecule has 2 aromatic carbocycles. The number of carbonyl (C=O) groups is 1. The Labute approximate surface area is 175 Å². The molecule has 9 heteroatoms. The first-order valence-electron chi connectivity index (χ1n) is 9.60. The largest absolute Gasteiger partial charge is 0.496 e. The molecule has 0 saturated carbocycles. The van der Waals surface area contributed by atoms with E-state index in [9.17, 15) is 17.6 Å². The average molecular weight is 437 g/mol. The molecular formula is C21H25FN2O5S. The normalized spacial score (nSPS) is 15.6. The van der Waals surface area contributed by atoms with E-state index in [1.165, 1.54) is 17.5 Å². The van der Waals surface area contributed by atoms with Gasteiger partial charge in [-0.05, 0) is 37.1 Å². The van der Waals surface area contributed by atoms with Crippen molar-refractivity contribution in [2.45, 2.75) is 24.3 Å². The van der Waals surface area contributed by atoms with Crippen LogP contribution in [0.4, 0.5) is 4.39 Å². The number of piperidine rings is 1. The Morgan fingerprint density at radius 1 is 1.10 bits per heavy atom. The molecule has 0 bridgehead atoms. The molecule has 7 nitrogen and oxygen atoms in total. The summed E-state index contributed by atoms with van der Waals surface area (Å²) >= 11 is 0. The number of benzene rings is 2. The minimum Gasteiger partial charge on any atom is -0.496 e. The number of carbonyl (C=O) groups excluding carboxylic acids is 1. The highest BCUT2D eigenvalue weighted by Gasteiger charge is 2.34. The van der Waals surface area contributed by atoms with Gasteiger partial charge in [-0.3, -0.25) is 4.79 Å². The number of halogens is 1. The van der Waals surface area contributed by atoms with E-state index >= 15 is 0 Å². The lowest BCUT2D eigenvalue weighted by atomic mass is 9.97. The Morgan fingerprint density at radius 2 is 1.77 bits per heavy atom. The predicted molar refractivity (Wildman–Crippen MR) is 109 cm³/mol. The third kappa shape index (κ3) is 4.73. The lowest BCUT2D eigenvalue weighted by Gasteiger charge is -2.31. The number of ether oxygens (including phenoxy) is 2. The van der Waals surface area contributed by atoms with Crippen LogP contribution in [0.1, 0.15) is 18.4 Å². The van der Waals surface area contributed by atoms with Crippen LogP contribution < -0.4 is 14.8 Å². The van der Waals surface area contributed by atoms with Crippen LogP contribution in [0.25, 0.3) is 0 Å². The minimum atomic E-state index is -3.92. The van der Waals surface area contributed by atoms with Gasteiger partial charge in [0.2, 0.25) is 15.9 Å². The van der Waals surface area contributed by atoms with Crippen molar-refractivity contribution < 1.29 is 27.1 Å². The average Bonchev–Trinajstić information content (AvgIpc) is 2.77. The molecule has 1 heterocycles. The van der Waals surface area contributed by atoms with Gasteiger partial charge in [-0.2, -0.15) is 4.31 Å². The monoisotopic (exact) mass is 436 g/mol.